The third-order valence-corrected chi connectivity index (χ3v) is 3.85. The molecule has 0 aromatic heterocycles. The molecular weight excluding hydrogens is 270 g/mol. The molecule has 0 atom stereocenters. The van der Waals surface area contributed by atoms with E-state index in [1.54, 1.807) is 16.9 Å². The molecule has 0 saturated carbocycles. The minimum atomic E-state index is -3.90. The van der Waals surface area contributed by atoms with Crippen LogP contribution >= 0.6 is 0 Å². The number of carbonyl (C=O) groups is 1. The fourth-order valence-corrected chi connectivity index (χ4v) is 2.12. The first kappa shape index (κ1) is 15.4. The Morgan fingerprint density at radius 1 is 1.32 bits per heavy atom. The Labute approximate surface area is 112 Å². The lowest BCUT2D eigenvalue weighted by molar-refractivity contribution is 0.177. The zero-order valence-electron chi connectivity index (χ0n) is 10.8. The number of amides is 1. The zero-order valence-corrected chi connectivity index (χ0v) is 11.6. The molecular formula is C11H17N3O4S. The van der Waals surface area contributed by atoms with Gasteiger partial charge in [0.2, 0.25) is 0 Å². The molecule has 0 radical (unpaired) electrons. The summed E-state index contributed by atoms with van der Waals surface area (Å²) in [5.74, 6) is 0. The summed E-state index contributed by atoms with van der Waals surface area (Å²) in [7, 11) is -1.44. The summed E-state index contributed by atoms with van der Waals surface area (Å²) in [5, 5.41) is 0. The van der Waals surface area contributed by atoms with Crippen molar-refractivity contribution < 1.29 is 17.9 Å². The average Bonchev–Trinajstić information content (AvgIpc) is 2.39. The molecule has 1 aromatic carbocycles. The van der Waals surface area contributed by atoms with Gasteiger partial charge in [-0.1, -0.05) is 24.3 Å². The summed E-state index contributed by atoms with van der Waals surface area (Å²) in [5.41, 5.74) is 7.22. The number of benzene rings is 1. The molecule has 8 heteroatoms. The standard InChI is InChI=1S/C11H17N3O4S/c1-14(19(16,17)13-11(15)18-2)8-10-5-3-9(7-12)4-6-10/h3-6H,7-8,12H2,1-2H3,(H,13,15). The Bertz CT molecular complexity index is 527. The molecule has 1 aromatic rings. The van der Waals surface area contributed by atoms with E-state index in [1.165, 1.54) is 7.05 Å². The van der Waals surface area contributed by atoms with Crippen molar-refractivity contribution in [1.82, 2.24) is 9.03 Å². The molecule has 0 unspecified atom stereocenters. The van der Waals surface area contributed by atoms with E-state index in [-0.39, 0.29) is 6.54 Å². The van der Waals surface area contributed by atoms with Crippen LogP contribution in [0.5, 0.6) is 0 Å². The highest BCUT2D eigenvalue weighted by atomic mass is 32.2. The van der Waals surface area contributed by atoms with Gasteiger partial charge >= 0.3 is 16.3 Å². The highest BCUT2D eigenvalue weighted by molar-refractivity contribution is 7.87. The maximum absolute atomic E-state index is 11.7. The number of methoxy groups -OCH3 is 1. The number of nitrogens with two attached hydrogens (primary N) is 1. The summed E-state index contributed by atoms with van der Waals surface area (Å²) in [4.78, 5) is 10.9. The fraction of sp³-hybridized carbons (Fsp3) is 0.364. The van der Waals surface area contributed by atoms with Gasteiger partial charge in [-0.2, -0.15) is 12.7 Å². The van der Waals surface area contributed by atoms with E-state index in [1.807, 2.05) is 12.1 Å². The molecule has 19 heavy (non-hydrogen) atoms. The normalized spacial score (nSPS) is 11.4. The van der Waals surface area contributed by atoms with Gasteiger partial charge in [-0.3, -0.25) is 0 Å². The summed E-state index contributed by atoms with van der Waals surface area (Å²) in [6.45, 7) is 0.565. The van der Waals surface area contributed by atoms with Gasteiger partial charge in [-0.25, -0.2) is 9.52 Å². The first-order valence-corrected chi connectivity index (χ1v) is 6.93. The Morgan fingerprint density at radius 3 is 2.32 bits per heavy atom. The van der Waals surface area contributed by atoms with Gasteiger partial charge in [0.05, 0.1) is 7.11 Å². The van der Waals surface area contributed by atoms with Crippen LogP contribution < -0.4 is 10.5 Å². The summed E-state index contributed by atoms with van der Waals surface area (Å²) in [6.07, 6.45) is -1.02. The minimum Gasteiger partial charge on any atom is -0.452 e. The van der Waals surface area contributed by atoms with E-state index in [4.69, 9.17) is 5.73 Å². The number of ether oxygens (including phenoxy) is 1. The molecule has 0 aliphatic rings. The van der Waals surface area contributed by atoms with Crippen LogP contribution in [-0.4, -0.2) is 33.0 Å². The summed E-state index contributed by atoms with van der Waals surface area (Å²) < 4.78 is 30.5. The Balaban J connectivity index is 2.72. The van der Waals surface area contributed by atoms with E-state index < -0.39 is 16.3 Å². The SMILES string of the molecule is COC(=O)NS(=O)(=O)N(C)Cc1ccc(CN)cc1. The van der Waals surface area contributed by atoms with Crippen LogP contribution in [0.15, 0.2) is 24.3 Å². The molecule has 0 spiro atoms. The van der Waals surface area contributed by atoms with Crippen molar-refractivity contribution >= 4 is 16.3 Å². The molecule has 1 rings (SSSR count). The Kier molecular flexibility index (Phi) is 5.28. The van der Waals surface area contributed by atoms with E-state index in [0.717, 1.165) is 22.5 Å². The number of hydrogen-bond acceptors (Lipinski definition) is 5. The van der Waals surface area contributed by atoms with E-state index in [9.17, 15) is 13.2 Å². The molecule has 0 aliphatic heterocycles. The number of nitrogens with zero attached hydrogens (tertiary/aromatic N) is 1. The number of nitrogens with one attached hydrogen (secondary N) is 1. The lowest BCUT2D eigenvalue weighted by Gasteiger charge is -2.17. The maximum atomic E-state index is 11.7. The Hall–Kier alpha value is -1.64. The van der Waals surface area contributed by atoms with Crippen LogP contribution in [0.25, 0.3) is 0 Å². The van der Waals surface area contributed by atoms with Crippen molar-refractivity contribution in [3.05, 3.63) is 35.4 Å². The van der Waals surface area contributed by atoms with Gasteiger partial charge in [0.25, 0.3) is 0 Å². The van der Waals surface area contributed by atoms with Gasteiger partial charge in [0, 0.05) is 20.1 Å². The van der Waals surface area contributed by atoms with Gasteiger partial charge in [0.1, 0.15) is 0 Å². The second-order valence-electron chi connectivity index (χ2n) is 3.88. The van der Waals surface area contributed by atoms with Crippen LogP contribution in [0, 0.1) is 0 Å². The Morgan fingerprint density at radius 2 is 1.84 bits per heavy atom. The van der Waals surface area contributed by atoms with E-state index in [0.29, 0.717) is 6.54 Å². The molecule has 0 aliphatic carbocycles. The molecule has 0 heterocycles. The van der Waals surface area contributed by atoms with Crippen molar-refractivity contribution in [1.29, 1.82) is 0 Å². The molecule has 0 fully saturated rings. The lowest BCUT2D eigenvalue weighted by Crippen LogP contribution is -2.41. The van der Waals surface area contributed by atoms with Crippen LogP contribution in [0.2, 0.25) is 0 Å². The van der Waals surface area contributed by atoms with Gasteiger partial charge in [-0.05, 0) is 11.1 Å². The van der Waals surface area contributed by atoms with Gasteiger partial charge in [-0.15, -0.1) is 0 Å². The third-order valence-electron chi connectivity index (χ3n) is 2.47. The largest absolute Gasteiger partial charge is 0.452 e. The number of carbonyl (C=O) groups excluding carboxylic acids is 1. The zero-order chi connectivity index (χ0) is 14.5. The van der Waals surface area contributed by atoms with Crippen molar-refractivity contribution in [3.63, 3.8) is 0 Å². The first-order chi connectivity index (χ1) is 8.89. The van der Waals surface area contributed by atoms with Crippen molar-refractivity contribution in [2.75, 3.05) is 14.2 Å². The predicted molar refractivity (Wildman–Crippen MR) is 70.3 cm³/mol. The average molecular weight is 287 g/mol. The maximum Gasteiger partial charge on any atom is 0.421 e. The monoisotopic (exact) mass is 287 g/mol. The number of rotatable bonds is 5. The topological polar surface area (TPSA) is 102 Å². The lowest BCUT2D eigenvalue weighted by atomic mass is 10.1. The quantitative estimate of drug-likeness (QED) is 0.804. The van der Waals surface area contributed by atoms with Crippen molar-refractivity contribution in [2.24, 2.45) is 5.73 Å². The predicted octanol–water partition coefficient (Wildman–Crippen LogP) is 0.178. The molecule has 7 nitrogen and oxygen atoms in total. The highest BCUT2D eigenvalue weighted by Gasteiger charge is 2.20. The second kappa shape index (κ2) is 6.50. The summed E-state index contributed by atoms with van der Waals surface area (Å²) >= 11 is 0. The van der Waals surface area contributed by atoms with Gasteiger partial charge in [0.15, 0.2) is 0 Å². The third kappa shape index (κ3) is 4.51. The smallest absolute Gasteiger partial charge is 0.421 e. The first-order valence-electron chi connectivity index (χ1n) is 5.49. The summed E-state index contributed by atoms with van der Waals surface area (Å²) in [6, 6.07) is 7.21. The van der Waals surface area contributed by atoms with E-state index in [2.05, 4.69) is 4.74 Å². The van der Waals surface area contributed by atoms with Gasteiger partial charge < -0.3 is 10.5 Å². The van der Waals surface area contributed by atoms with Crippen LogP contribution in [0.3, 0.4) is 0 Å². The fourth-order valence-electron chi connectivity index (χ4n) is 1.35. The van der Waals surface area contributed by atoms with Crippen LogP contribution in [-0.2, 0) is 28.0 Å². The molecule has 106 valence electrons. The molecule has 0 saturated heterocycles. The van der Waals surface area contributed by atoms with Crippen LogP contribution in [0.4, 0.5) is 4.79 Å². The molecule has 1 amide bonds. The second-order valence-corrected chi connectivity index (χ2v) is 5.65. The van der Waals surface area contributed by atoms with Crippen LogP contribution in [0.1, 0.15) is 11.1 Å². The highest BCUT2D eigenvalue weighted by Crippen LogP contribution is 2.08. The van der Waals surface area contributed by atoms with E-state index >= 15 is 0 Å². The number of hydrogen-bond donors (Lipinski definition) is 2. The minimum absolute atomic E-state index is 0.136. The molecule has 0 bridgehead atoms. The van der Waals surface area contributed by atoms with Crippen molar-refractivity contribution in [2.45, 2.75) is 13.1 Å². The van der Waals surface area contributed by atoms with Crippen molar-refractivity contribution in [3.8, 4) is 0 Å². The molecule has 3 N–H and O–H groups in total.